The molecule has 0 unspecified atom stereocenters. The van der Waals surface area contributed by atoms with Crippen molar-refractivity contribution in [1.29, 1.82) is 5.26 Å². The maximum absolute atomic E-state index is 13.0. The number of nitro benzene ring substituents is 1. The van der Waals surface area contributed by atoms with E-state index in [2.05, 4.69) is 0 Å². The summed E-state index contributed by atoms with van der Waals surface area (Å²) in [5.41, 5.74) is 0.474. The maximum atomic E-state index is 13.0. The second-order valence-corrected chi connectivity index (χ2v) is 4.08. The molecule has 20 heavy (non-hydrogen) atoms. The normalized spacial score (nSPS) is 9.85. The highest BCUT2D eigenvalue weighted by Crippen LogP contribution is 2.33. The summed E-state index contributed by atoms with van der Waals surface area (Å²) in [5.74, 6) is -0.503. The minimum atomic E-state index is -0.577. The Bertz CT molecular complexity index is 723. The van der Waals surface area contributed by atoms with Gasteiger partial charge in [-0.2, -0.15) is 5.26 Å². The van der Waals surface area contributed by atoms with Gasteiger partial charge in [-0.25, -0.2) is 4.39 Å². The highest BCUT2D eigenvalue weighted by molar-refractivity contribution is 5.52. The van der Waals surface area contributed by atoms with Gasteiger partial charge in [-0.1, -0.05) is 6.07 Å². The number of hydrogen-bond donors (Lipinski definition) is 0. The number of hydrogen-bond acceptors (Lipinski definition) is 4. The van der Waals surface area contributed by atoms with Crippen LogP contribution in [-0.2, 0) is 0 Å². The summed E-state index contributed by atoms with van der Waals surface area (Å²) < 4.78 is 18.4. The molecular weight excluding hydrogens is 263 g/mol. The molecule has 0 heterocycles. The molecule has 0 fully saturated rings. The van der Waals surface area contributed by atoms with Crippen LogP contribution in [0.15, 0.2) is 36.4 Å². The summed E-state index contributed by atoms with van der Waals surface area (Å²) in [6, 6.07) is 9.63. The molecular formula is C14H9FN2O3. The van der Waals surface area contributed by atoms with Crippen LogP contribution in [0.3, 0.4) is 0 Å². The number of ether oxygens (including phenoxy) is 1. The predicted molar refractivity (Wildman–Crippen MR) is 69.0 cm³/mol. The van der Waals surface area contributed by atoms with Crippen molar-refractivity contribution in [1.82, 2.24) is 0 Å². The Kier molecular flexibility index (Phi) is 3.62. The monoisotopic (exact) mass is 272 g/mol. The lowest BCUT2D eigenvalue weighted by molar-refractivity contribution is -0.385. The SMILES string of the molecule is Cc1ccc(Oc2ccc(F)cc2C#N)c([N+](=O)[O-])c1. The molecule has 0 aliphatic carbocycles. The third-order valence-electron chi connectivity index (χ3n) is 2.59. The molecule has 0 radical (unpaired) electrons. The molecule has 2 rings (SSSR count). The standard InChI is InChI=1S/C14H9FN2O3/c1-9-2-4-14(12(6-9)17(18)19)20-13-5-3-11(15)7-10(13)8-16/h2-7H,1H3. The van der Waals surface area contributed by atoms with Gasteiger partial charge in [0.2, 0.25) is 5.75 Å². The maximum Gasteiger partial charge on any atom is 0.311 e. The molecule has 0 spiro atoms. The lowest BCUT2D eigenvalue weighted by atomic mass is 10.2. The first-order valence-electron chi connectivity index (χ1n) is 5.64. The quantitative estimate of drug-likeness (QED) is 0.630. The van der Waals surface area contributed by atoms with Crippen LogP contribution in [0.25, 0.3) is 0 Å². The van der Waals surface area contributed by atoms with Gasteiger partial charge in [-0.05, 0) is 36.8 Å². The molecule has 2 aromatic carbocycles. The van der Waals surface area contributed by atoms with E-state index >= 15 is 0 Å². The molecule has 2 aromatic rings. The zero-order valence-corrected chi connectivity index (χ0v) is 10.5. The Hall–Kier alpha value is -2.94. The first kappa shape index (κ1) is 13.5. The number of aryl methyl sites for hydroxylation is 1. The van der Waals surface area contributed by atoms with Crippen LogP contribution in [0, 0.1) is 34.2 Å². The molecule has 0 aromatic heterocycles. The molecule has 0 bridgehead atoms. The van der Waals surface area contributed by atoms with Gasteiger partial charge >= 0.3 is 5.69 Å². The van der Waals surface area contributed by atoms with Crippen molar-refractivity contribution in [3.63, 3.8) is 0 Å². The van der Waals surface area contributed by atoms with Crippen LogP contribution >= 0.6 is 0 Å². The lowest BCUT2D eigenvalue weighted by Gasteiger charge is -2.08. The fraction of sp³-hybridized carbons (Fsp3) is 0.0714. The molecule has 0 amide bonds. The van der Waals surface area contributed by atoms with E-state index in [0.717, 1.165) is 12.1 Å². The zero-order chi connectivity index (χ0) is 14.7. The third-order valence-corrected chi connectivity index (χ3v) is 2.59. The van der Waals surface area contributed by atoms with Crippen LogP contribution in [0.5, 0.6) is 11.5 Å². The van der Waals surface area contributed by atoms with Gasteiger partial charge in [0, 0.05) is 6.07 Å². The van der Waals surface area contributed by atoms with Gasteiger partial charge in [-0.3, -0.25) is 10.1 Å². The first-order valence-corrected chi connectivity index (χ1v) is 5.64. The summed E-state index contributed by atoms with van der Waals surface area (Å²) in [6.45, 7) is 1.72. The molecule has 5 nitrogen and oxygen atoms in total. The van der Waals surface area contributed by atoms with Gasteiger partial charge < -0.3 is 4.74 Å². The molecule has 0 aliphatic rings. The van der Waals surface area contributed by atoms with E-state index in [1.165, 1.54) is 18.2 Å². The summed E-state index contributed by atoms with van der Waals surface area (Å²) in [4.78, 5) is 10.4. The van der Waals surface area contributed by atoms with Crippen LogP contribution in [0.4, 0.5) is 10.1 Å². The van der Waals surface area contributed by atoms with Crippen molar-refractivity contribution in [2.75, 3.05) is 0 Å². The van der Waals surface area contributed by atoms with Gasteiger partial charge in [-0.15, -0.1) is 0 Å². The Morgan fingerprint density at radius 2 is 1.95 bits per heavy atom. The van der Waals surface area contributed by atoms with Crippen LogP contribution in [0.1, 0.15) is 11.1 Å². The topological polar surface area (TPSA) is 76.2 Å². The lowest BCUT2D eigenvalue weighted by Crippen LogP contribution is -1.95. The van der Waals surface area contributed by atoms with Crippen LogP contribution in [0.2, 0.25) is 0 Å². The molecule has 0 saturated carbocycles. The Labute approximate surface area is 114 Å². The average Bonchev–Trinajstić information content (AvgIpc) is 2.42. The van der Waals surface area contributed by atoms with Crippen molar-refractivity contribution < 1.29 is 14.1 Å². The van der Waals surface area contributed by atoms with E-state index in [-0.39, 0.29) is 22.7 Å². The molecule has 0 aliphatic heterocycles. The minimum Gasteiger partial charge on any atom is -0.449 e. The number of nitriles is 1. The van der Waals surface area contributed by atoms with Crippen LogP contribution < -0.4 is 4.74 Å². The number of rotatable bonds is 3. The summed E-state index contributed by atoms with van der Waals surface area (Å²) in [7, 11) is 0. The summed E-state index contributed by atoms with van der Waals surface area (Å²) in [6.07, 6.45) is 0. The van der Waals surface area contributed by atoms with E-state index in [0.29, 0.717) is 5.56 Å². The smallest absolute Gasteiger partial charge is 0.311 e. The second-order valence-electron chi connectivity index (χ2n) is 4.08. The highest BCUT2D eigenvalue weighted by Gasteiger charge is 2.17. The van der Waals surface area contributed by atoms with Crippen molar-refractivity contribution in [2.24, 2.45) is 0 Å². The van der Waals surface area contributed by atoms with Crippen molar-refractivity contribution >= 4 is 5.69 Å². The molecule has 0 saturated heterocycles. The predicted octanol–water partition coefficient (Wildman–Crippen LogP) is 3.71. The van der Waals surface area contributed by atoms with E-state index in [1.807, 2.05) is 0 Å². The minimum absolute atomic E-state index is 0.00343. The van der Waals surface area contributed by atoms with Gasteiger partial charge in [0.15, 0.2) is 0 Å². The second kappa shape index (κ2) is 5.36. The summed E-state index contributed by atoms with van der Waals surface area (Å²) in [5, 5.41) is 19.9. The van der Waals surface area contributed by atoms with Gasteiger partial charge in [0.1, 0.15) is 17.6 Å². The van der Waals surface area contributed by atoms with E-state index in [1.54, 1.807) is 19.1 Å². The summed E-state index contributed by atoms with van der Waals surface area (Å²) >= 11 is 0. The largest absolute Gasteiger partial charge is 0.449 e. The van der Waals surface area contributed by atoms with Gasteiger partial charge in [0.05, 0.1) is 10.5 Å². The van der Waals surface area contributed by atoms with Crippen LogP contribution in [-0.4, -0.2) is 4.92 Å². The Morgan fingerprint density at radius 1 is 1.25 bits per heavy atom. The molecule has 100 valence electrons. The van der Waals surface area contributed by atoms with Crippen molar-refractivity contribution in [2.45, 2.75) is 6.92 Å². The first-order chi connectivity index (χ1) is 9.51. The third kappa shape index (κ3) is 2.72. The van der Waals surface area contributed by atoms with Crippen molar-refractivity contribution in [3.8, 4) is 17.6 Å². The van der Waals surface area contributed by atoms with Gasteiger partial charge in [0.25, 0.3) is 0 Å². The fourth-order valence-corrected chi connectivity index (χ4v) is 1.65. The molecule has 0 N–H and O–H groups in total. The number of nitrogens with zero attached hydrogens (tertiary/aromatic N) is 2. The fourth-order valence-electron chi connectivity index (χ4n) is 1.65. The Balaban J connectivity index is 2.45. The highest BCUT2D eigenvalue weighted by atomic mass is 19.1. The average molecular weight is 272 g/mol. The number of halogens is 1. The molecule has 0 atom stereocenters. The Morgan fingerprint density at radius 3 is 2.60 bits per heavy atom. The van der Waals surface area contributed by atoms with E-state index in [9.17, 15) is 14.5 Å². The van der Waals surface area contributed by atoms with E-state index < -0.39 is 10.7 Å². The molecule has 6 heteroatoms. The van der Waals surface area contributed by atoms with Crippen molar-refractivity contribution in [3.05, 3.63) is 63.5 Å². The number of nitro groups is 1. The number of benzene rings is 2. The van der Waals surface area contributed by atoms with E-state index in [4.69, 9.17) is 10.00 Å². The zero-order valence-electron chi connectivity index (χ0n) is 10.5.